The maximum absolute atomic E-state index is 12.4. The van der Waals surface area contributed by atoms with Gasteiger partial charge in [-0.2, -0.15) is 0 Å². The quantitative estimate of drug-likeness (QED) is 0.351. The number of aromatic nitrogens is 1. The maximum atomic E-state index is 12.4. The molecule has 0 radical (unpaired) electrons. The lowest BCUT2D eigenvalue weighted by molar-refractivity contribution is -0.163. The molecule has 3 rings (SSSR count). The molecule has 7 nitrogen and oxygen atoms in total. The summed E-state index contributed by atoms with van der Waals surface area (Å²) in [5.41, 5.74) is 0.181. The van der Waals surface area contributed by atoms with Crippen molar-refractivity contribution < 1.29 is 29.0 Å². The van der Waals surface area contributed by atoms with Gasteiger partial charge in [-0.05, 0) is 88.4 Å². The van der Waals surface area contributed by atoms with E-state index in [1.807, 2.05) is 0 Å². The fourth-order valence-corrected chi connectivity index (χ4v) is 2.75. The van der Waals surface area contributed by atoms with E-state index in [4.69, 9.17) is 26.2 Å². The molecular formula is C26H26ClNO6. The van der Waals surface area contributed by atoms with E-state index < -0.39 is 17.5 Å². The van der Waals surface area contributed by atoms with Gasteiger partial charge in [0.1, 0.15) is 5.75 Å². The van der Waals surface area contributed by atoms with Crippen LogP contribution in [0.1, 0.15) is 54.0 Å². The fraction of sp³-hybridized carbons (Fsp3) is 0.231. The van der Waals surface area contributed by atoms with Gasteiger partial charge in [-0.1, -0.05) is 11.6 Å². The van der Waals surface area contributed by atoms with Crippen molar-refractivity contribution in [3.63, 3.8) is 0 Å². The Morgan fingerprint density at radius 2 is 1.47 bits per heavy atom. The first-order valence-corrected chi connectivity index (χ1v) is 10.8. The number of ether oxygens (including phenoxy) is 2. The number of carboxylic acids is 1. The second-order valence-corrected chi connectivity index (χ2v) is 8.41. The Balaban J connectivity index is 0.000000379. The Morgan fingerprint density at radius 3 is 1.91 bits per heavy atom. The highest BCUT2D eigenvalue weighted by molar-refractivity contribution is 6.30. The minimum atomic E-state index is -1.12. The van der Waals surface area contributed by atoms with Gasteiger partial charge in [0.05, 0.1) is 11.7 Å². The average molecular weight is 484 g/mol. The van der Waals surface area contributed by atoms with E-state index in [9.17, 15) is 14.4 Å². The predicted molar refractivity (Wildman–Crippen MR) is 128 cm³/mol. The van der Waals surface area contributed by atoms with Gasteiger partial charge in [0.25, 0.3) is 0 Å². The minimum absolute atomic E-state index is 0.110. The first kappa shape index (κ1) is 26.5. The number of carboxylic acid groups (broad SMARTS) is 1. The van der Waals surface area contributed by atoms with Crippen LogP contribution in [0.3, 0.4) is 0 Å². The highest BCUT2D eigenvalue weighted by Crippen LogP contribution is 2.22. The molecule has 1 N–H and O–H groups in total. The number of aromatic carboxylic acids is 1. The summed E-state index contributed by atoms with van der Waals surface area (Å²) in [6.07, 6.45) is 2.63. The van der Waals surface area contributed by atoms with Crippen LogP contribution in [0.25, 0.3) is 0 Å². The molecule has 178 valence electrons. The Bertz CT molecular complexity index is 1110. The van der Waals surface area contributed by atoms with E-state index in [2.05, 4.69) is 4.98 Å². The number of hydrogen-bond donors (Lipinski definition) is 1. The standard InChI is InChI=1S/C20H21ClO4.C6H5NO2/c1-13(2)24-19(23)20(3,4)25-17-11-7-15(8-12-17)18(22)14-5-9-16(21)10-6-14;8-6(9)5-2-1-3-7-4-5/h5-13H,1-4H3;1-4H,(H,8,9). The predicted octanol–water partition coefficient (Wildman–Crippen LogP) is 5.46. The largest absolute Gasteiger partial charge is 0.478 e. The third kappa shape index (κ3) is 8.01. The normalized spacial score (nSPS) is 10.6. The van der Waals surface area contributed by atoms with Crippen molar-refractivity contribution in [2.24, 2.45) is 0 Å². The second kappa shape index (κ2) is 12.0. The molecular weight excluding hydrogens is 458 g/mol. The van der Waals surface area contributed by atoms with Crippen LogP contribution in [0.4, 0.5) is 0 Å². The van der Waals surface area contributed by atoms with Crippen LogP contribution in [0, 0.1) is 0 Å². The third-order valence-electron chi connectivity index (χ3n) is 4.34. The van der Waals surface area contributed by atoms with Gasteiger partial charge in [-0.15, -0.1) is 0 Å². The smallest absolute Gasteiger partial charge is 0.350 e. The number of hydrogen-bond acceptors (Lipinski definition) is 6. The van der Waals surface area contributed by atoms with Crippen LogP contribution in [0.2, 0.25) is 5.02 Å². The number of carbonyl (C=O) groups is 3. The first-order chi connectivity index (χ1) is 16.0. The lowest BCUT2D eigenvalue weighted by Gasteiger charge is -2.25. The van der Waals surface area contributed by atoms with E-state index in [0.29, 0.717) is 21.9 Å². The Labute approximate surface area is 203 Å². The molecule has 2 aromatic carbocycles. The van der Waals surface area contributed by atoms with Crippen LogP contribution >= 0.6 is 11.6 Å². The van der Waals surface area contributed by atoms with Crippen molar-refractivity contribution in [1.29, 1.82) is 0 Å². The molecule has 0 saturated carbocycles. The van der Waals surface area contributed by atoms with E-state index in [-0.39, 0.29) is 17.5 Å². The summed E-state index contributed by atoms with van der Waals surface area (Å²) >= 11 is 5.84. The Kier molecular flexibility index (Phi) is 9.33. The summed E-state index contributed by atoms with van der Waals surface area (Å²) in [5, 5.41) is 8.92. The van der Waals surface area contributed by atoms with Crippen LogP contribution in [0.5, 0.6) is 5.75 Å². The summed E-state index contributed by atoms with van der Waals surface area (Å²) in [7, 11) is 0. The van der Waals surface area contributed by atoms with Gasteiger partial charge in [0, 0.05) is 28.5 Å². The van der Waals surface area contributed by atoms with Crippen molar-refractivity contribution >= 4 is 29.3 Å². The van der Waals surface area contributed by atoms with Crippen LogP contribution in [0.15, 0.2) is 73.1 Å². The molecule has 0 atom stereocenters. The molecule has 8 heteroatoms. The van der Waals surface area contributed by atoms with Gasteiger partial charge < -0.3 is 14.6 Å². The minimum Gasteiger partial charge on any atom is -0.478 e. The van der Waals surface area contributed by atoms with Gasteiger partial charge in [0.15, 0.2) is 11.4 Å². The molecule has 0 bridgehead atoms. The maximum Gasteiger partial charge on any atom is 0.350 e. The fourth-order valence-electron chi connectivity index (χ4n) is 2.62. The molecule has 1 heterocycles. The highest BCUT2D eigenvalue weighted by Gasteiger charge is 2.32. The number of ketones is 1. The van der Waals surface area contributed by atoms with E-state index >= 15 is 0 Å². The number of esters is 1. The SMILES string of the molecule is CC(C)OC(=O)C(C)(C)Oc1ccc(C(=O)c2ccc(Cl)cc2)cc1.O=C(O)c1cccnc1. The van der Waals surface area contributed by atoms with Crippen molar-refractivity contribution in [2.45, 2.75) is 39.4 Å². The molecule has 1 aromatic heterocycles. The number of pyridine rings is 1. The molecule has 0 aliphatic heterocycles. The lowest BCUT2D eigenvalue weighted by atomic mass is 10.0. The number of halogens is 1. The van der Waals surface area contributed by atoms with Gasteiger partial charge in [-0.25, -0.2) is 9.59 Å². The van der Waals surface area contributed by atoms with E-state index in [1.165, 1.54) is 18.5 Å². The molecule has 34 heavy (non-hydrogen) atoms. The zero-order chi connectivity index (χ0) is 25.3. The van der Waals surface area contributed by atoms with Gasteiger partial charge >= 0.3 is 11.9 Å². The molecule has 0 spiro atoms. The van der Waals surface area contributed by atoms with Crippen molar-refractivity contribution in [3.05, 3.63) is 94.8 Å². The Hall–Kier alpha value is -3.71. The first-order valence-electron chi connectivity index (χ1n) is 10.4. The number of nitrogens with zero attached hydrogens (tertiary/aromatic N) is 1. The summed E-state index contributed by atoms with van der Waals surface area (Å²) in [5.74, 6) is -1.01. The molecule has 0 unspecified atom stereocenters. The molecule has 0 aliphatic carbocycles. The summed E-state index contributed by atoms with van der Waals surface area (Å²) in [6.45, 7) is 6.85. The van der Waals surface area contributed by atoms with Crippen LogP contribution < -0.4 is 4.74 Å². The van der Waals surface area contributed by atoms with Crippen LogP contribution in [-0.2, 0) is 9.53 Å². The lowest BCUT2D eigenvalue weighted by Crippen LogP contribution is -2.40. The van der Waals surface area contributed by atoms with Gasteiger partial charge in [0.2, 0.25) is 0 Å². The second-order valence-electron chi connectivity index (χ2n) is 7.97. The zero-order valence-corrected chi connectivity index (χ0v) is 20.1. The van der Waals surface area contributed by atoms with E-state index in [0.717, 1.165) is 0 Å². The molecule has 0 amide bonds. The number of benzene rings is 2. The number of carbonyl (C=O) groups excluding carboxylic acids is 2. The summed E-state index contributed by atoms with van der Waals surface area (Å²) in [4.78, 5) is 38.3. The van der Waals surface area contributed by atoms with Crippen LogP contribution in [-0.4, -0.2) is 39.5 Å². The number of rotatable bonds is 7. The van der Waals surface area contributed by atoms with Crippen molar-refractivity contribution in [1.82, 2.24) is 4.98 Å². The zero-order valence-electron chi connectivity index (χ0n) is 19.3. The molecule has 0 fully saturated rings. The summed E-state index contributed by atoms with van der Waals surface area (Å²) < 4.78 is 10.9. The summed E-state index contributed by atoms with van der Waals surface area (Å²) in [6, 6.07) is 16.4. The van der Waals surface area contributed by atoms with Crippen molar-refractivity contribution in [3.8, 4) is 5.75 Å². The average Bonchev–Trinajstić information content (AvgIpc) is 2.80. The topological polar surface area (TPSA) is 103 Å². The third-order valence-corrected chi connectivity index (χ3v) is 4.59. The highest BCUT2D eigenvalue weighted by atomic mass is 35.5. The van der Waals surface area contributed by atoms with Crippen molar-refractivity contribution in [2.75, 3.05) is 0 Å². The van der Waals surface area contributed by atoms with Gasteiger partial charge in [-0.3, -0.25) is 9.78 Å². The molecule has 0 aliphatic rings. The molecule has 0 saturated heterocycles. The monoisotopic (exact) mass is 483 g/mol. The van der Waals surface area contributed by atoms with E-state index in [1.54, 1.807) is 82.3 Å². The molecule has 3 aromatic rings. The Morgan fingerprint density at radius 1 is 0.912 bits per heavy atom.